The summed E-state index contributed by atoms with van der Waals surface area (Å²) >= 11 is 0. The monoisotopic (exact) mass is 356 g/mol. The zero-order valence-electron chi connectivity index (χ0n) is 12.0. The average Bonchev–Trinajstić information content (AvgIpc) is 2.99. The molecule has 8 nitrogen and oxygen atoms in total. The quantitative estimate of drug-likeness (QED) is 0.477. The van der Waals surface area contributed by atoms with E-state index in [9.17, 15) is 9.59 Å². The SMILES string of the molecule is Cl.Cl.O=C1N[C@@H]2CNCC[C@@H]2O1.O=C1N[C@H]2CNCC[C@H]2O1. The molecule has 0 aromatic heterocycles. The second kappa shape index (κ2) is 8.61. The maximum Gasteiger partial charge on any atom is 0.407 e. The van der Waals surface area contributed by atoms with Gasteiger partial charge in [-0.1, -0.05) is 0 Å². The molecule has 0 aromatic rings. The molecule has 4 aliphatic rings. The van der Waals surface area contributed by atoms with E-state index >= 15 is 0 Å². The van der Waals surface area contributed by atoms with Crippen molar-refractivity contribution in [2.45, 2.75) is 37.1 Å². The third-order valence-corrected chi connectivity index (χ3v) is 3.96. The molecule has 4 N–H and O–H groups in total. The van der Waals surface area contributed by atoms with E-state index in [2.05, 4.69) is 21.3 Å². The highest BCUT2D eigenvalue weighted by molar-refractivity contribution is 5.85. The van der Waals surface area contributed by atoms with Crippen molar-refractivity contribution in [3.63, 3.8) is 0 Å². The average molecular weight is 357 g/mol. The minimum atomic E-state index is -0.265. The Morgan fingerprint density at radius 2 is 1.18 bits per heavy atom. The summed E-state index contributed by atoms with van der Waals surface area (Å²) in [6, 6.07) is 0.419. The van der Waals surface area contributed by atoms with Crippen LogP contribution in [0.5, 0.6) is 0 Å². The van der Waals surface area contributed by atoms with E-state index < -0.39 is 0 Å². The molecule has 0 radical (unpaired) electrons. The molecular weight excluding hydrogens is 335 g/mol. The Bertz CT molecular complexity index is 333. The smallest absolute Gasteiger partial charge is 0.407 e. The predicted molar refractivity (Wildman–Crippen MR) is 83.9 cm³/mol. The number of carbonyl (C=O) groups excluding carboxylic acids is 2. The molecule has 0 bridgehead atoms. The van der Waals surface area contributed by atoms with Crippen LogP contribution in [0, 0.1) is 0 Å². The summed E-state index contributed by atoms with van der Waals surface area (Å²) in [7, 11) is 0. The van der Waals surface area contributed by atoms with E-state index in [0.29, 0.717) is 0 Å². The molecule has 0 aromatic carbocycles. The first kappa shape index (κ1) is 19.1. The minimum absolute atomic E-state index is 0. The second-order valence-corrected chi connectivity index (χ2v) is 5.37. The summed E-state index contributed by atoms with van der Waals surface area (Å²) in [5, 5.41) is 11.8. The minimum Gasteiger partial charge on any atom is -0.444 e. The molecule has 128 valence electrons. The van der Waals surface area contributed by atoms with Crippen molar-refractivity contribution in [3.8, 4) is 0 Å². The van der Waals surface area contributed by atoms with Gasteiger partial charge in [0.15, 0.2) is 0 Å². The molecular formula is C12H22Cl2N4O4. The first-order valence-corrected chi connectivity index (χ1v) is 7.08. The Morgan fingerprint density at radius 3 is 1.55 bits per heavy atom. The van der Waals surface area contributed by atoms with E-state index in [1.54, 1.807) is 0 Å². The predicted octanol–water partition coefficient (Wildman–Crippen LogP) is -0.243. The van der Waals surface area contributed by atoms with Gasteiger partial charge < -0.3 is 30.7 Å². The van der Waals surface area contributed by atoms with E-state index in [-0.39, 0.29) is 61.3 Å². The van der Waals surface area contributed by atoms with E-state index in [4.69, 9.17) is 9.47 Å². The van der Waals surface area contributed by atoms with Crippen molar-refractivity contribution < 1.29 is 19.1 Å². The Morgan fingerprint density at radius 1 is 0.773 bits per heavy atom. The van der Waals surface area contributed by atoms with Gasteiger partial charge in [0.25, 0.3) is 0 Å². The van der Waals surface area contributed by atoms with Crippen molar-refractivity contribution >= 4 is 37.0 Å². The molecule has 0 saturated carbocycles. The van der Waals surface area contributed by atoms with Crippen LogP contribution in [-0.4, -0.2) is 62.7 Å². The first-order chi connectivity index (χ1) is 9.72. The normalized spacial score (nSPS) is 34.7. The van der Waals surface area contributed by atoms with Crippen LogP contribution in [0.2, 0.25) is 0 Å². The van der Waals surface area contributed by atoms with Gasteiger partial charge in [0, 0.05) is 13.1 Å². The number of carbonyl (C=O) groups is 2. The number of rotatable bonds is 0. The molecule has 4 rings (SSSR count). The number of alkyl carbamates (subject to hydrolysis) is 2. The third kappa shape index (κ3) is 4.52. The van der Waals surface area contributed by atoms with Gasteiger partial charge in [-0.3, -0.25) is 0 Å². The summed E-state index contributed by atoms with van der Waals surface area (Å²) < 4.78 is 9.95. The molecule has 4 atom stereocenters. The Balaban J connectivity index is 0.000000202. The van der Waals surface area contributed by atoms with Crippen molar-refractivity contribution in [3.05, 3.63) is 0 Å². The largest absolute Gasteiger partial charge is 0.444 e. The highest BCUT2D eigenvalue weighted by Crippen LogP contribution is 2.14. The number of nitrogens with one attached hydrogen (secondary N) is 4. The summed E-state index contributed by atoms with van der Waals surface area (Å²) in [6.45, 7) is 3.60. The van der Waals surface area contributed by atoms with Crippen LogP contribution in [0.15, 0.2) is 0 Å². The van der Waals surface area contributed by atoms with E-state index in [0.717, 1.165) is 39.0 Å². The standard InChI is InChI=1S/2C6H10N2O2.2ClH/c2*9-6-8-4-3-7-2-1-5(4)10-6;;/h2*4-5,7H,1-3H2,(H,8,9);2*1H/t2*4-,5+;;/m10../s1. The van der Waals surface area contributed by atoms with Crippen LogP contribution in [0.4, 0.5) is 9.59 Å². The van der Waals surface area contributed by atoms with Crippen LogP contribution in [-0.2, 0) is 9.47 Å². The summed E-state index contributed by atoms with van der Waals surface area (Å²) in [5.74, 6) is 0. The zero-order valence-corrected chi connectivity index (χ0v) is 13.6. The lowest BCUT2D eigenvalue weighted by Crippen LogP contribution is -2.46. The molecule has 0 aliphatic carbocycles. The Labute approximate surface area is 141 Å². The Kier molecular flexibility index (Phi) is 7.47. The van der Waals surface area contributed by atoms with Gasteiger partial charge in [0.05, 0.1) is 12.1 Å². The topological polar surface area (TPSA) is 101 Å². The maximum atomic E-state index is 10.6. The molecule has 4 aliphatic heterocycles. The van der Waals surface area contributed by atoms with Gasteiger partial charge in [-0.2, -0.15) is 0 Å². The zero-order chi connectivity index (χ0) is 13.9. The number of amides is 2. The van der Waals surface area contributed by atoms with Gasteiger partial charge >= 0.3 is 12.2 Å². The van der Waals surface area contributed by atoms with Crippen molar-refractivity contribution in [1.29, 1.82) is 0 Å². The molecule has 0 spiro atoms. The molecule has 4 fully saturated rings. The first-order valence-electron chi connectivity index (χ1n) is 7.08. The number of piperidine rings is 2. The molecule has 4 saturated heterocycles. The van der Waals surface area contributed by atoms with Gasteiger partial charge in [0.1, 0.15) is 12.2 Å². The van der Waals surface area contributed by atoms with Crippen molar-refractivity contribution in [2.24, 2.45) is 0 Å². The van der Waals surface area contributed by atoms with Crippen LogP contribution in [0.3, 0.4) is 0 Å². The summed E-state index contributed by atoms with van der Waals surface area (Å²) in [5.41, 5.74) is 0. The lowest BCUT2D eigenvalue weighted by atomic mass is 10.1. The molecule has 4 heterocycles. The van der Waals surface area contributed by atoms with Gasteiger partial charge in [-0.15, -0.1) is 24.8 Å². The third-order valence-electron chi connectivity index (χ3n) is 3.96. The number of ether oxygens (including phenoxy) is 2. The summed E-state index contributed by atoms with van der Waals surface area (Å²) in [4.78, 5) is 21.3. The number of hydrogen-bond acceptors (Lipinski definition) is 6. The van der Waals surface area contributed by atoms with Crippen LogP contribution in [0.1, 0.15) is 12.8 Å². The lowest BCUT2D eigenvalue weighted by Gasteiger charge is -2.22. The van der Waals surface area contributed by atoms with Crippen LogP contribution < -0.4 is 21.3 Å². The highest BCUT2D eigenvalue weighted by atomic mass is 35.5. The molecule has 22 heavy (non-hydrogen) atoms. The number of halogens is 2. The fourth-order valence-electron chi connectivity index (χ4n) is 2.88. The maximum absolute atomic E-state index is 10.6. The van der Waals surface area contributed by atoms with Gasteiger partial charge in [-0.05, 0) is 25.9 Å². The Hall–Kier alpha value is -0.960. The lowest BCUT2D eigenvalue weighted by molar-refractivity contribution is 0.117. The fraction of sp³-hybridized carbons (Fsp3) is 0.833. The highest BCUT2D eigenvalue weighted by Gasteiger charge is 2.36. The molecule has 10 heteroatoms. The second-order valence-electron chi connectivity index (χ2n) is 5.37. The van der Waals surface area contributed by atoms with E-state index in [1.807, 2.05) is 0 Å². The number of hydrogen-bond donors (Lipinski definition) is 4. The van der Waals surface area contributed by atoms with Gasteiger partial charge in [-0.25, -0.2) is 9.59 Å². The summed E-state index contributed by atoms with van der Waals surface area (Å²) in [6.07, 6.45) is 1.58. The van der Waals surface area contributed by atoms with E-state index in [1.165, 1.54) is 0 Å². The van der Waals surface area contributed by atoms with Crippen LogP contribution in [0.25, 0.3) is 0 Å². The molecule has 2 amide bonds. The van der Waals surface area contributed by atoms with Crippen molar-refractivity contribution in [1.82, 2.24) is 21.3 Å². The van der Waals surface area contributed by atoms with Crippen molar-refractivity contribution in [2.75, 3.05) is 26.2 Å². The number of fused-ring (bicyclic) bond motifs is 2. The van der Waals surface area contributed by atoms with Gasteiger partial charge in [0.2, 0.25) is 0 Å². The fourth-order valence-corrected chi connectivity index (χ4v) is 2.88. The van der Waals surface area contributed by atoms with Crippen LogP contribution >= 0.6 is 24.8 Å². The molecule has 0 unspecified atom stereocenters.